The molecule has 0 unspecified atom stereocenters. The van der Waals surface area contributed by atoms with Crippen LogP contribution in [-0.4, -0.2) is 43.7 Å². The van der Waals surface area contributed by atoms with E-state index < -0.39 is 48.7 Å². The maximum absolute atomic E-state index is 17.0. The number of rotatable bonds is 0. The van der Waals surface area contributed by atoms with Crippen molar-refractivity contribution in [1.82, 2.24) is 0 Å². The zero-order valence-electron chi connectivity index (χ0n) is 20.6. The van der Waals surface area contributed by atoms with Crippen LogP contribution in [0, 0.1) is 0 Å². The number of hydrogen-bond donors (Lipinski definition) is 0. The molecule has 0 aromatic rings. The van der Waals surface area contributed by atoms with Crippen LogP contribution in [0.3, 0.4) is 0 Å². The van der Waals surface area contributed by atoms with Gasteiger partial charge in [-0.2, -0.15) is 0 Å². The molecule has 27 heavy (non-hydrogen) atoms. The van der Waals surface area contributed by atoms with Gasteiger partial charge in [0.1, 0.15) is 0 Å². The molecule has 162 valence electrons. The summed E-state index contributed by atoms with van der Waals surface area (Å²) in [6.45, 7) is 33.5. The van der Waals surface area contributed by atoms with Gasteiger partial charge in [-0.15, -0.1) is 0 Å². The van der Waals surface area contributed by atoms with Crippen molar-refractivity contribution in [3.63, 3.8) is 0 Å². The second kappa shape index (κ2) is 7.27. The second-order valence-corrected chi connectivity index (χ2v) is 65.4. The Hall–Kier alpha value is 2.01. The maximum atomic E-state index is 17.0. The minimum atomic E-state index is -3.88. The summed E-state index contributed by atoms with van der Waals surface area (Å²) < 4.78 is 30.7. The van der Waals surface area contributed by atoms with Crippen molar-refractivity contribution in [3.8, 4) is 0 Å². The van der Waals surface area contributed by atoms with Crippen LogP contribution < -0.4 is 0 Å². The predicted octanol–water partition coefficient (Wildman–Crippen LogP) is 8.56. The van der Waals surface area contributed by atoms with Gasteiger partial charge in [0, 0.05) is 0 Å². The van der Waals surface area contributed by atoms with Gasteiger partial charge in [0.2, 0.25) is 0 Å². The van der Waals surface area contributed by atoms with E-state index in [2.05, 4.69) is 89.2 Å². The van der Waals surface area contributed by atoms with Crippen LogP contribution in [0.5, 0.6) is 0 Å². The molecule has 0 bridgehead atoms. The van der Waals surface area contributed by atoms with E-state index in [4.69, 9.17) is 5.53 Å². The normalized spacial score (nSPS) is 24.0. The van der Waals surface area contributed by atoms with Crippen LogP contribution in [-0.2, 0) is 5.53 Å². The molecule has 1 heterocycles. The first-order valence-corrected chi connectivity index (χ1v) is 27.7. The van der Waals surface area contributed by atoms with Crippen molar-refractivity contribution in [3.05, 3.63) is 0 Å². The van der Waals surface area contributed by atoms with Gasteiger partial charge in [-0.05, 0) is 0 Å². The zero-order chi connectivity index (χ0) is 22.1. The van der Waals surface area contributed by atoms with E-state index in [1.165, 1.54) is 0 Å². The van der Waals surface area contributed by atoms with Crippen LogP contribution in [0.2, 0.25) is 18.8 Å². The third-order valence-electron chi connectivity index (χ3n) is 5.68. The topological polar surface area (TPSA) is 18.5 Å². The summed E-state index contributed by atoms with van der Waals surface area (Å²) in [5.41, 5.74) is 0. The summed E-state index contributed by atoms with van der Waals surface area (Å²) in [6.07, 6.45) is 2.14. The molecule has 7 heteroatoms. The summed E-state index contributed by atoms with van der Waals surface area (Å²) >= 11 is -7.25. The Morgan fingerprint density at radius 3 is 0.926 bits per heavy atom. The molecule has 1 fully saturated rings. The van der Waals surface area contributed by atoms with E-state index in [9.17, 15) is 0 Å². The first-order chi connectivity index (χ1) is 11.4. The van der Waals surface area contributed by atoms with Crippen molar-refractivity contribution >= 4 is 49.8 Å². The second-order valence-electron chi connectivity index (χ2n) is 13.3. The summed E-state index contributed by atoms with van der Waals surface area (Å²) in [4.78, 5) is 0. The van der Waals surface area contributed by atoms with E-state index >= 15 is 4.11 Å². The molecule has 0 aromatic heterocycles. The van der Waals surface area contributed by atoms with Crippen LogP contribution >= 0.6 is 6.13 Å². The van der Waals surface area contributed by atoms with Crippen molar-refractivity contribution in [2.24, 2.45) is 0 Å². The molecule has 0 atom stereocenters. The molecule has 0 N–H and O–H groups in total. The van der Waals surface area contributed by atoms with Crippen LogP contribution in [0.25, 0.3) is 0 Å². The van der Waals surface area contributed by atoms with E-state index in [0.29, 0.717) is 0 Å². The molecule has 1 rings (SSSR count). The summed E-state index contributed by atoms with van der Waals surface area (Å²) in [6, 6.07) is 0. The Bertz CT molecular complexity index is 495. The van der Waals surface area contributed by atoms with Gasteiger partial charge in [0.15, 0.2) is 0 Å². The molecule has 0 saturated carbocycles. The first kappa shape index (κ1) is 27.0. The molecule has 0 aliphatic carbocycles. The Labute approximate surface area is 180 Å². The predicted molar refractivity (Wildman–Crippen MR) is 127 cm³/mol. The van der Waals surface area contributed by atoms with Gasteiger partial charge in [0.25, 0.3) is 0 Å². The SMILES string of the molecule is CC(C)(C)[Si]1(F)[O][Sn]([C](C)(C)C)([C](C)(C)C)[S][Sn]([C](C)(C)C)([C](C)(C)C)[O]1. The van der Waals surface area contributed by atoms with E-state index in [0.717, 1.165) is 0 Å². The molecule has 1 saturated heterocycles. The van der Waals surface area contributed by atoms with Crippen LogP contribution in [0.4, 0.5) is 4.11 Å². The Balaban J connectivity index is 4.01. The summed E-state index contributed by atoms with van der Waals surface area (Å²) in [5.74, 6) is 0. The molecule has 1 aliphatic heterocycles. The van der Waals surface area contributed by atoms with Gasteiger partial charge in [-0.1, -0.05) is 0 Å². The summed E-state index contributed by atoms with van der Waals surface area (Å²) in [5, 5.41) is -0.592. The molecule has 0 aromatic carbocycles. The van der Waals surface area contributed by atoms with Gasteiger partial charge in [-0.3, -0.25) is 0 Å². The first-order valence-electron chi connectivity index (χ1n) is 10.2. The number of halogens is 1. The van der Waals surface area contributed by atoms with E-state index in [1.54, 1.807) is 0 Å². The molecule has 0 radical (unpaired) electrons. The van der Waals surface area contributed by atoms with Gasteiger partial charge >= 0.3 is 182 Å². The minimum absolute atomic E-state index is 0.0182. The standard InChI is InChI=1S/C4H9FO2Si.4C4H9.S.2Sn/c1-4(2,3)8(5,6)7;4*1-4(2)3;;;/h1-3H3;4*1-3H3;;;/q-2;;;;;;2*+1. The third kappa shape index (κ3) is 4.49. The number of hydrogen-bond acceptors (Lipinski definition) is 3. The average Bonchev–Trinajstić information content (AvgIpc) is 2.31. The van der Waals surface area contributed by atoms with Crippen LogP contribution in [0.15, 0.2) is 0 Å². The van der Waals surface area contributed by atoms with E-state index in [-0.39, 0.29) is 13.7 Å². The molecule has 1 aliphatic rings. The Morgan fingerprint density at radius 2 is 0.778 bits per heavy atom. The molecule has 0 amide bonds. The van der Waals surface area contributed by atoms with Crippen molar-refractivity contribution in [2.45, 2.75) is 123 Å². The quantitative estimate of drug-likeness (QED) is 0.197. The van der Waals surface area contributed by atoms with Gasteiger partial charge in [-0.25, -0.2) is 0 Å². The summed E-state index contributed by atoms with van der Waals surface area (Å²) in [7, 11) is -3.88. The Kier molecular flexibility index (Phi) is 7.29. The van der Waals surface area contributed by atoms with Crippen LogP contribution in [0.1, 0.15) is 104 Å². The van der Waals surface area contributed by atoms with Crippen molar-refractivity contribution in [1.29, 1.82) is 0 Å². The fourth-order valence-electron chi connectivity index (χ4n) is 4.42. The molecular weight excluding hydrogens is 589 g/mol. The monoisotopic (exact) mass is 636 g/mol. The molecular formula is C20H45FO2SSiSn2. The van der Waals surface area contributed by atoms with Crippen molar-refractivity contribution in [2.75, 3.05) is 0 Å². The fraction of sp³-hybridized carbons (Fsp3) is 1.00. The van der Waals surface area contributed by atoms with Gasteiger partial charge < -0.3 is 0 Å². The van der Waals surface area contributed by atoms with E-state index in [1.807, 2.05) is 20.8 Å². The average molecular weight is 634 g/mol. The molecule has 0 spiro atoms. The fourth-order valence-corrected chi connectivity index (χ4v) is 175. The molecule has 2 nitrogen and oxygen atoms in total. The third-order valence-corrected chi connectivity index (χ3v) is 98.8. The Morgan fingerprint density at radius 1 is 0.556 bits per heavy atom. The van der Waals surface area contributed by atoms with Gasteiger partial charge in [0.05, 0.1) is 0 Å². The zero-order valence-corrected chi connectivity index (χ0v) is 28.1. The van der Waals surface area contributed by atoms with Crippen molar-refractivity contribution < 1.29 is 9.63 Å².